The monoisotopic (exact) mass is 285 g/mol. The highest BCUT2D eigenvalue weighted by atomic mass is 32.2. The molecule has 1 atom stereocenters. The van der Waals surface area contributed by atoms with Crippen LogP contribution in [-0.4, -0.2) is 11.8 Å². The largest absolute Gasteiger partial charge is 0.327 e. The van der Waals surface area contributed by atoms with Gasteiger partial charge in [0, 0.05) is 16.7 Å². The maximum Gasteiger partial charge on any atom is 0.0174 e. The molecule has 0 aliphatic rings. The van der Waals surface area contributed by atoms with Crippen molar-refractivity contribution < 1.29 is 0 Å². The minimum atomic E-state index is 0.198. The first-order valence-electron chi connectivity index (χ1n) is 7.06. The van der Waals surface area contributed by atoms with E-state index in [9.17, 15) is 0 Å². The standard InChI is InChI=1S/C18H23NS/c1-13-4-8-18(9-5-13)20-12-17(19)11-16-7-6-14(2)15(3)10-16/h4-10,17H,11-12,19H2,1-3H3. The van der Waals surface area contributed by atoms with Crippen molar-refractivity contribution in [2.24, 2.45) is 5.73 Å². The molecule has 2 N–H and O–H groups in total. The minimum Gasteiger partial charge on any atom is -0.327 e. The second kappa shape index (κ2) is 6.96. The first kappa shape index (κ1) is 15.1. The number of nitrogens with two attached hydrogens (primary N) is 1. The molecule has 0 saturated carbocycles. The lowest BCUT2D eigenvalue weighted by atomic mass is 10.0. The van der Waals surface area contributed by atoms with Gasteiger partial charge in [-0.25, -0.2) is 0 Å². The second-order valence-electron chi connectivity index (χ2n) is 5.51. The van der Waals surface area contributed by atoms with Gasteiger partial charge < -0.3 is 5.73 Å². The highest BCUT2D eigenvalue weighted by Crippen LogP contribution is 2.20. The molecule has 0 amide bonds. The summed E-state index contributed by atoms with van der Waals surface area (Å²) in [6, 6.07) is 15.5. The fraction of sp³-hybridized carbons (Fsp3) is 0.333. The number of thioether (sulfide) groups is 1. The summed E-state index contributed by atoms with van der Waals surface area (Å²) in [5.74, 6) is 0.954. The van der Waals surface area contributed by atoms with Crippen LogP contribution in [0.3, 0.4) is 0 Å². The molecule has 20 heavy (non-hydrogen) atoms. The SMILES string of the molecule is Cc1ccc(SCC(N)Cc2ccc(C)c(C)c2)cc1. The Morgan fingerprint density at radius 3 is 2.30 bits per heavy atom. The van der Waals surface area contributed by atoms with Gasteiger partial charge in [-0.3, -0.25) is 0 Å². The zero-order valence-corrected chi connectivity index (χ0v) is 13.3. The van der Waals surface area contributed by atoms with Crippen molar-refractivity contribution in [3.63, 3.8) is 0 Å². The van der Waals surface area contributed by atoms with Crippen LogP contribution < -0.4 is 5.73 Å². The van der Waals surface area contributed by atoms with Crippen molar-refractivity contribution in [2.45, 2.75) is 38.1 Å². The van der Waals surface area contributed by atoms with E-state index >= 15 is 0 Å². The smallest absolute Gasteiger partial charge is 0.0174 e. The van der Waals surface area contributed by atoms with E-state index in [1.165, 1.54) is 27.1 Å². The minimum absolute atomic E-state index is 0.198. The molecular formula is C18H23NS. The molecule has 0 spiro atoms. The number of hydrogen-bond acceptors (Lipinski definition) is 2. The molecule has 0 radical (unpaired) electrons. The van der Waals surface area contributed by atoms with Crippen LogP contribution in [0.15, 0.2) is 47.4 Å². The fourth-order valence-corrected chi connectivity index (χ4v) is 2.98. The quantitative estimate of drug-likeness (QED) is 0.830. The molecule has 1 nitrogen and oxygen atoms in total. The van der Waals surface area contributed by atoms with Gasteiger partial charge in [0.05, 0.1) is 0 Å². The van der Waals surface area contributed by atoms with Crippen LogP contribution in [0, 0.1) is 20.8 Å². The normalized spacial score (nSPS) is 12.4. The van der Waals surface area contributed by atoms with Crippen molar-refractivity contribution >= 4 is 11.8 Å². The van der Waals surface area contributed by atoms with Crippen molar-refractivity contribution in [3.05, 3.63) is 64.7 Å². The molecule has 0 aliphatic carbocycles. The van der Waals surface area contributed by atoms with Gasteiger partial charge in [-0.1, -0.05) is 35.9 Å². The predicted octanol–water partition coefficient (Wildman–Crippen LogP) is 4.27. The Hall–Kier alpha value is -1.25. The van der Waals surface area contributed by atoms with E-state index in [1.807, 2.05) is 11.8 Å². The average Bonchev–Trinajstić information content (AvgIpc) is 2.42. The molecule has 2 rings (SSSR count). The number of benzene rings is 2. The average molecular weight is 285 g/mol. The van der Waals surface area contributed by atoms with E-state index in [2.05, 4.69) is 63.2 Å². The van der Waals surface area contributed by atoms with Crippen molar-refractivity contribution in [3.8, 4) is 0 Å². The number of hydrogen-bond donors (Lipinski definition) is 1. The van der Waals surface area contributed by atoms with Crippen molar-refractivity contribution in [1.29, 1.82) is 0 Å². The van der Waals surface area contributed by atoms with Crippen molar-refractivity contribution in [2.75, 3.05) is 5.75 Å². The van der Waals surface area contributed by atoms with Crippen LogP contribution in [0.1, 0.15) is 22.3 Å². The Balaban J connectivity index is 1.87. The van der Waals surface area contributed by atoms with E-state index in [1.54, 1.807) is 0 Å². The molecular weight excluding hydrogens is 262 g/mol. The van der Waals surface area contributed by atoms with Crippen LogP contribution in [0.2, 0.25) is 0 Å². The molecule has 1 unspecified atom stereocenters. The van der Waals surface area contributed by atoms with Crippen LogP contribution >= 0.6 is 11.8 Å². The van der Waals surface area contributed by atoms with Gasteiger partial charge in [0.25, 0.3) is 0 Å². The lowest BCUT2D eigenvalue weighted by Gasteiger charge is -2.12. The van der Waals surface area contributed by atoms with Gasteiger partial charge in [0.2, 0.25) is 0 Å². The third-order valence-corrected chi connectivity index (χ3v) is 4.75. The second-order valence-corrected chi connectivity index (χ2v) is 6.60. The topological polar surface area (TPSA) is 26.0 Å². The summed E-state index contributed by atoms with van der Waals surface area (Å²) < 4.78 is 0. The summed E-state index contributed by atoms with van der Waals surface area (Å²) in [4.78, 5) is 1.30. The molecule has 0 heterocycles. The molecule has 0 aromatic heterocycles. The van der Waals surface area contributed by atoms with E-state index in [0.29, 0.717) is 0 Å². The first-order valence-corrected chi connectivity index (χ1v) is 8.04. The summed E-state index contributed by atoms with van der Waals surface area (Å²) in [7, 11) is 0. The molecule has 2 aromatic carbocycles. The zero-order chi connectivity index (χ0) is 14.5. The lowest BCUT2D eigenvalue weighted by Crippen LogP contribution is -2.25. The molecule has 0 saturated heterocycles. The third kappa shape index (κ3) is 4.39. The fourth-order valence-electron chi connectivity index (χ4n) is 2.13. The maximum atomic E-state index is 6.25. The summed E-state index contributed by atoms with van der Waals surface area (Å²) in [5.41, 5.74) is 11.6. The maximum absolute atomic E-state index is 6.25. The molecule has 2 aromatic rings. The van der Waals surface area contributed by atoms with E-state index < -0.39 is 0 Å². The third-order valence-electron chi connectivity index (χ3n) is 3.55. The molecule has 0 bridgehead atoms. The van der Waals surface area contributed by atoms with Crippen LogP contribution in [0.4, 0.5) is 0 Å². The molecule has 0 fully saturated rings. The first-order chi connectivity index (χ1) is 9.54. The number of rotatable bonds is 5. The van der Waals surface area contributed by atoms with Crippen LogP contribution in [0.5, 0.6) is 0 Å². The van der Waals surface area contributed by atoms with E-state index in [4.69, 9.17) is 5.73 Å². The summed E-state index contributed by atoms with van der Waals surface area (Å²) in [6.45, 7) is 6.41. The molecule has 0 aliphatic heterocycles. The summed E-state index contributed by atoms with van der Waals surface area (Å²) in [5, 5.41) is 0. The van der Waals surface area contributed by atoms with Gasteiger partial charge in [0.1, 0.15) is 0 Å². The van der Waals surface area contributed by atoms with Crippen LogP contribution in [-0.2, 0) is 6.42 Å². The highest BCUT2D eigenvalue weighted by molar-refractivity contribution is 7.99. The van der Waals surface area contributed by atoms with Gasteiger partial charge in [-0.15, -0.1) is 11.8 Å². The Morgan fingerprint density at radius 2 is 1.65 bits per heavy atom. The van der Waals surface area contributed by atoms with E-state index in [-0.39, 0.29) is 6.04 Å². The Kier molecular flexibility index (Phi) is 5.27. The number of aryl methyl sites for hydroxylation is 3. The van der Waals surface area contributed by atoms with E-state index in [0.717, 1.165) is 12.2 Å². The van der Waals surface area contributed by atoms with Gasteiger partial charge in [-0.05, 0) is 56.0 Å². The predicted molar refractivity (Wildman–Crippen MR) is 89.5 cm³/mol. The molecule has 106 valence electrons. The lowest BCUT2D eigenvalue weighted by molar-refractivity contribution is 0.748. The Morgan fingerprint density at radius 1 is 0.950 bits per heavy atom. The van der Waals surface area contributed by atoms with Gasteiger partial charge in [-0.2, -0.15) is 0 Å². The Labute approximate surface area is 126 Å². The summed E-state index contributed by atoms with van der Waals surface area (Å²) in [6.07, 6.45) is 0.944. The highest BCUT2D eigenvalue weighted by Gasteiger charge is 2.06. The molecule has 2 heteroatoms. The van der Waals surface area contributed by atoms with Gasteiger partial charge >= 0.3 is 0 Å². The Bertz CT molecular complexity index is 560. The van der Waals surface area contributed by atoms with Crippen molar-refractivity contribution in [1.82, 2.24) is 0 Å². The summed E-state index contributed by atoms with van der Waals surface area (Å²) >= 11 is 1.84. The van der Waals surface area contributed by atoms with Crippen LogP contribution in [0.25, 0.3) is 0 Å². The van der Waals surface area contributed by atoms with Gasteiger partial charge in [0.15, 0.2) is 0 Å². The zero-order valence-electron chi connectivity index (χ0n) is 12.5.